The molecule has 0 bridgehead atoms. The molecule has 0 saturated carbocycles. The standard InChI is InChI=1S/C9H11NO2S/c1-2-12-9(11)7-5-6(13)3-4-8(7)10/h3-4H,2,5,10H2,1H3. The lowest BCUT2D eigenvalue weighted by Crippen LogP contribution is -2.17. The second-order valence-corrected chi connectivity index (χ2v) is 3.16. The molecule has 70 valence electrons. The molecule has 1 aliphatic carbocycles. The van der Waals surface area contributed by atoms with Crippen LogP contribution in [0, 0.1) is 0 Å². The van der Waals surface area contributed by atoms with Crippen LogP contribution in [0.25, 0.3) is 0 Å². The molecule has 0 fully saturated rings. The molecule has 0 aromatic rings. The molecule has 4 heteroatoms. The van der Waals surface area contributed by atoms with Gasteiger partial charge in [-0.15, -0.1) is 0 Å². The topological polar surface area (TPSA) is 52.3 Å². The Morgan fingerprint density at radius 3 is 3.00 bits per heavy atom. The number of carbonyl (C=O) groups is 1. The third-order valence-corrected chi connectivity index (χ3v) is 1.95. The lowest BCUT2D eigenvalue weighted by Gasteiger charge is -2.11. The molecule has 0 aromatic carbocycles. The Morgan fingerprint density at radius 1 is 1.69 bits per heavy atom. The summed E-state index contributed by atoms with van der Waals surface area (Å²) in [6.45, 7) is 2.11. The minimum Gasteiger partial charge on any atom is -0.463 e. The first-order valence-electron chi connectivity index (χ1n) is 4.01. The lowest BCUT2D eigenvalue weighted by atomic mass is 10.0. The smallest absolute Gasteiger partial charge is 0.336 e. The van der Waals surface area contributed by atoms with Gasteiger partial charge in [0.05, 0.1) is 12.2 Å². The molecular formula is C9H11NO2S. The Labute approximate surface area is 82.2 Å². The number of carbonyl (C=O) groups excluding carboxylic acids is 1. The maximum atomic E-state index is 11.3. The number of allylic oxidation sites excluding steroid dienone is 2. The van der Waals surface area contributed by atoms with E-state index in [0.29, 0.717) is 29.2 Å². The van der Waals surface area contributed by atoms with E-state index in [9.17, 15) is 4.79 Å². The highest BCUT2D eigenvalue weighted by Crippen LogP contribution is 2.15. The molecule has 0 saturated heterocycles. The summed E-state index contributed by atoms with van der Waals surface area (Å²) in [6, 6.07) is 0. The summed E-state index contributed by atoms with van der Waals surface area (Å²) in [5, 5.41) is 0. The van der Waals surface area contributed by atoms with Crippen LogP contribution in [0.5, 0.6) is 0 Å². The molecule has 1 rings (SSSR count). The maximum absolute atomic E-state index is 11.3. The van der Waals surface area contributed by atoms with Crippen LogP contribution in [-0.2, 0) is 9.53 Å². The fourth-order valence-corrected chi connectivity index (χ4v) is 1.24. The van der Waals surface area contributed by atoms with Crippen LogP contribution in [0.1, 0.15) is 13.3 Å². The summed E-state index contributed by atoms with van der Waals surface area (Å²) in [5.74, 6) is -0.369. The number of hydrogen-bond donors (Lipinski definition) is 1. The Balaban J connectivity index is 2.82. The highest BCUT2D eigenvalue weighted by molar-refractivity contribution is 7.80. The van der Waals surface area contributed by atoms with E-state index >= 15 is 0 Å². The van der Waals surface area contributed by atoms with Crippen molar-refractivity contribution < 1.29 is 9.53 Å². The summed E-state index contributed by atoms with van der Waals surface area (Å²) in [5.41, 5.74) is 6.52. The van der Waals surface area contributed by atoms with E-state index in [1.54, 1.807) is 19.1 Å². The van der Waals surface area contributed by atoms with Crippen molar-refractivity contribution in [1.82, 2.24) is 0 Å². The molecule has 0 amide bonds. The molecule has 0 heterocycles. The van der Waals surface area contributed by atoms with E-state index in [-0.39, 0.29) is 5.97 Å². The summed E-state index contributed by atoms with van der Waals surface area (Å²) >= 11 is 4.95. The first-order chi connectivity index (χ1) is 6.15. The van der Waals surface area contributed by atoms with Gasteiger partial charge in [-0.25, -0.2) is 4.79 Å². The van der Waals surface area contributed by atoms with Crippen molar-refractivity contribution >= 4 is 23.1 Å². The number of rotatable bonds is 2. The molecular weight excluding hydrogens is 186 g/mol. The van der Waals surface area contributed by atoms with Crippen LogP contribution < -0.4 is 5.73 Å². The van der Waals surface area contributed by atoms with Crippen LogP contribution in [0.15, 0.2) is 23.4 Å². The van der Waals surface area contributed by atoms with Gasteiger partial charge in [0.15, 0.2) is 0 Å². The average molecular weight is 197 g/mol. The van der Waals surface area contributed by atoms with Crippen LogP contribution >= 0.6 is 12.2 Å². The molecule has 1 aliphatic rings. The van der Waals surface area contributed by atoms with E-state index in [1.807, 2.05) is 0 Å². The van der Waals surface area contributed by atoms with E-state index in [0.717, 1.165) is 0 Å². The highest BCUT2D eigenvalue weighted by atomic mass is 32.1. The summed E-state index contributed by atoms with van der Waals surface area (Å²) in [6.07, 6.45) is 3.78. The third-order valence-electron chi connectivity index (χ3n) is 1.67. The van der Waals surface area contributed by atoms with Crippen molar-refractivity contribution in [1.29, 1.82) is 0 Å². The second kappa shape index (κ2) is 4.18. The summed E-state index contributed by atoms with van der Waals surface area (Å²) in [4.78, 5) is 12.0. The Bertz CT molecular complexity index is 305. The van der Waals surface area contributed by atoms with Gasteiger partial charge in [-0.05, 0) is 19.1 Å². The molecule has 0 aromatic heterocycles. The fraction of sp³-hybridized carbons (Fsp3) is 0.333. The number of hydrogen-bond acceptors (Lipinski definition) is 4. The predicted molar refractivity (Wildman–Crippen MR) is 54.2 cm³/mol. The van der Waals surface area contributed by atoms with Crippen molar-refractivity contribution in [2.24, 2.45) is 5.73 Å². The van der Waals surface area contributed by atoms with Crippen LogP contribution in [-0.4, -0.2) is 17.4 Å². The molecule has 0 spiro atoms. The lowest BCUT2D eigenvalue weighted by molar-refractivity contribution is -0.138. The molecule has 3 nitrogen and oxygen atoms in total. The molecule has 13 heavy (non-hydrogen) atoms. The fourth-order valence-electron chi connectivity index (χ4n) is 1.03. The quantitative estimate of drug-likeness (QED) is 0.532. The average Bonchev–Trinajstić information content (AvgIpc) is 2.09. The summed E-state index contributed by atoms with van der Waals surface area (Å²) < 4.78 is 4.83. The van der Waals surface area contributed by atoms with Gasteiger partial charge in [0.25, 0.3) is 0 Å². The van der Waals surface area contributed by atoms with E-state index < -0.39 is 0 Å². The Hall–Kier alpha value is -1.16. The molecule has 0 atom stereocenters. The van der Waals surface area contributed by atoms with Crippen LogP contribution in [0.3, 0.4) is 0 Å². The van der Waals surface area contributed by atoms with E-state index in [4.69, 9.17) is 22.7 Å². The molecule has 0 aliphatic heterocycles. The van der Waals surface area contributed by atoms with Gasteiger partial charge in [0, 0.05) is 17.0 Å². The van der Waals surface area contributed by atoms with Gasteiger partial charge < -0.3 is 10.5 Å². The zero-order valence-electron chi connectivity index (χ0n) is 7.37. The van der Waals surface area contributed by atoms with Gasteiger partial charge in [-0.1, -0.05) is 12.2 Å². The van der Waals surface area contributed by atoms with Crippen molar-refractivity contribution in [2.75, 3.05) is 6.61 Å². The first-order valence-corrected chi connectivity index (χ1v) is 4.42. The van der Waals surface area contributed by atoms with Crippen LogP contribution in [0.2, 0.25) is 0 Å². The van der Waals surface area contributed by atoms with Crippen LogP contribution in [0.4, 0.5) is 0 Å². The van der Waals surface area contributed by atoms with E-state index in [1.165, 1.54) is 0 Å². The monoisotopic (exact) mass is 197 g/mol. The number of esters is 1. The van der Waals surface area contributed by atoms with Gasteiger partial charge in [0.2, 0.25) is 0 Å². The normalized spacial score (nSPS) is 16.2. The zero-order chi connectivity index (χ0) is 9.84. The number of thiocarbonyl (C=S) groups is 1. The minimum atomic E-state index is -0.369. The molecule has 0 radical (unpaired) electrons. The first kappa shape index (κ1) is 9.92. The van der Waals surface area contributed by atoms with Gasteiger partial charge in [-0.2, -0.15) is 0 Å². The molecule has 0 unspecified atom stereocenters. The van der Waals surface area contributed by atoms with Gasteiger partial charge in [-0.3, -0.25) is 0 Å². The SMILES string of the molecule is CCOC(=O)C1=C(N)C=CC(=S)C1. The number of nitrogens with two attached hydrogens (primary N) is 1. The second-order valence-electron chi connectivity index (χ2n) is 2.63. The minimum absolute atomic E-state index is 0.353. The van der Waals surface area contributed by atoms with Crippen molar-refractivity contribution in [3.8, 4) is 0 Å². The molecule has 2 N–H and O–H groups in total. The van der Waals surface area contributed by atoms with Gasteiger partial charge in [0.1, 0.15) is 0 Å². The van der Waals surface area contributed by atoms with Crippen molar-refractivity contribution in [2.45, 2.75) is 13.3 Å². The van der Waals surface area contributed by atoms with Gasteiger partial charge >= 0.3 is 5.97 Å². The van der Waals surface area contributed by atoms with Crippen molar-refractivity contribution in [3.05, 3.63) is 23.4 Å². The van der Waals surface area contributed by atoms with E-state index in [2.05, 4.69) is 0 Å². The number of ether oxygens (including phenoxy) is 1. The maximum Gasteiger partial charge on any atom is 0.336 e. The zero-order valence-corrected chi connectivity index (χ0v) is 8.19. The largest absolute Gasteiger partial charge is 0.463 e. The van der Waals surface area contributed by atoms with Crippen molar-refractivity contribution in [3.63, 3.8) is 0 Å². The third kappa shape index (κ3) is 2.39. The highest BCUT2D eigenvalue weighted by Gasteiger charge is 2.17. The summed E-state index contributed by atoms with van der Waals surface area (Å²) in [7, 11) is 0. The Morgan fingerprint density at radius 2 is 2.38 bits per heavy atom. The Kier molecular flexibility index (Phi) is 3.19. The predicted octanol–water partition coefficient (Wildman–Crippen LogP) is 1.09.